The van der Waals surface area contributed by atoms with Gasteiger partial charge in [0.15, 0.2) is 0 Å². The second-order valence-corrected chi connectivity index (χ2v) is 4.50. The molecule has 0 unspecified atom stereocenters. The molecule has 0 radical (unpaired) electrons. The number of aryl methyl sites for hydroxylation is 1. The predicted molar refractivity (Wildman–Crippen MR) is 78.1 cm³/mol. The van der Waals surface area contributed by atoms with Gasteiger partial charge in [0.05, 0.1) is 17.9 Å². The van der Waals surface area contributed by atoms with Crippen LogP contribution in [0.1, 0.15) is 11.5 Å². The molecule has 2 heterocycles. The summed E-state index contributed by atoms with van der Waals surface area (Å²) in [5.74, 6) is 0.788. The van der Waals surface area contributed by atoms with Crippen molar-refractivity contribution in [2.75, 3.05) is 5.32 Å². The minimum atomic E-state index is 0.676. The number of nitrogens with one attached hydrogen (secondary N) is 2. The van der Waals surface area contributed by atoms with Crippen molar-refractivity contribution in [3.05, 3.63) is 60.3 Å². The zero-order valence-electron chi connectivity index (χ0n) is 11.2. The van der Waals surface area contributed by atoms with Crippen molar-refractivity contribution >= 4 is 5.69 Å². The lowest BCUT2D eigenvalue weighted by Gasteiger charge is -2.07. The third kappa shape index (κ3) is 2.83. The van der Waals surface area contributed by atoms with E-state index in [1.807, 2.05) is 37.3 Å². The molecule has 0 atom stereocenters. The molecule has 2 aromatic heterocycles. The minimum absolute atomic E-state index is 0.676. The number of aromatic amines is 1. The van der Waals surface area contributed by atoms with Gasteiger partial charge >= 0.3 is 0 Å². The van der Waals surface area contributed by atoms with Gasteiger partial charge < -0.3 is 5.32 Å². The lowest BCUT2D eigenvalue weighted by molar-refractivity contribution is 0.955. The summed E-state index contributed by atoms with van der Waals surface area (Å²) < 4.78 is 0. The maximum absolute atomic E-state index is 4.37. The monoisotopic (exact) mass is 265 g/mol. The lowest BCUT2D eigenvalue weighted by atomic mass is 10.1. The number of aromatic nitrogens is 4. The second-order valence-electron chi connectivity index (χ2n) is 4.50. The summed E-state index contributed by atoms with van der Waals surface area (Å²) >= 11 is 0. The first-order valence-corrected chi connectivity index (χ1v) is 6.43. The Balaban J connectivity index is 1.73. The molecule has 0 aliphatic rings. The van der Waals surface area contributed by atoms with Gasteiger partial charge in [-0.25, -0.2) is 9.97 Å². The van der Waals surface area contributed by atoms with Gasteiger partial charge in [-0.2, -0.15) is 5.10 Å². The highest BCUT2D eigenvalue weighted by atomic mass is 15.1. The molecule has 3 aromatic rings. The SMILES string of the molecule is Cc1nccc(CNc2cccc(-c3ccn[nH]3)c2)n1. The largest absolute Gasteiger partial charge is 0.379 e. The molecule has 0 bridgehead atoms. The summed E-state index contributed by atoms with van der Waals surface area (Å²) in [6.07, 6.45) is 3.53. The van der Waals surface area contributed by atoms with Crippen molar-refractivity contribution in [2.45, 2.75) is 13.5 Å². The van der Waals surface area contributed by atoms with E-state index in [1.165, 1.54) is 0 Å². The van der Waals surface area contributed by atoms with Crippen LogP contribution in [0, 0.1) is 6.92 Å². The van der Waals surface area contributed by atoms with E-state index in [0.717, 1.165) is 28.5 Å². The number of rotatable bonds is 4. The fraction of sp³-hybridized carbons (Fsp3) is 0.133. The van der Waals surface area contributed by atoms with E-state index in [2.05, 4.69) is 31.5 Å². The lowest BCUT2D eigenvalue weighted by Crippen LogP contribution is -2.03. The van der Waals surface area contributed by atoms with Crippen molar-refractivity contribution in [1.29, 1.82) is 0 Å². The Bertz CT molecular complexity index is 691. The van der Waals surface area contributed by atoms with E-state index in [1.54, 1.807) is 12.4 Å². The third-order valence-electron chi connectivity index (χ3n) is 2.98. The first-order valence-electron chi connectivity index (χ1n) is 6.43. The van der Waals surface area contributed by atoms with Crippen molar-refractivity contribution in [3.63, 3.8) is 0 Å². The molecule has 5 heteroatoms. The molecule has 100 valence electrons. The Labute approximate surface area is 117 Å². The fourth-order valence-electron chi connectivity index (χ4n) is 2.01. The molecule has 0 aliphatic heterocycles. The molecule has 0 saturated heterocycles. The van der Waals surface area contributed by atoms with Gasteiger partial charge in [0.2, 0.25) is 0 Å². The Hall–Kier alpha value is -2.69. The molecule has 0 spiro atoms. The Kier molecular flexibility index (Phi) is 3.41. The maximum atomic E-state index is 4.37. The van der Waals surface area contributed by atoms with Gasteiger partial charge in [-0.3, -0.25) is 5.10 Å². The average molecular weight is 265 g/mol. The van der Waals surface area contributed by atoms with Gasteiger partial charge in [0, 0.05) is 23.6 Å². The highest BCUT2D eigenvalue weighted by molar-refractivity contribution is 5.64. The average Bonchev–Trinajstić information content (AvgIpc) is 3.00. The Morgan fingerprint density at radius 2 is 2.10 bits per heavy atom. The van der Waals surface area contributed by atoms with E-state index >= 15 is 0 Å². The second kappa shape index (κ2) is 5.52. The van der Waals surface area contributed by atoms with Gasteiger partial charge in [-0.1, -0.05) is 12.1 Å². The van der Waals surface area contributed by atoms with Crippen LogP contribution in [0.25, 0.3) is 11.3 Å². The first kappa shape index (κ1) is 12.3. The summed E-state index contributed by atoms with van der Waals surface area (Å²) in [5.41, 5.74) is 4.13. The van der Waals surface area contributed by atoms with Crippen LogP contribution >= 0.6 is 0 Å². The molecule has 0 aliphatic carbocycles. The van der Waals surface area contributed by atoms with E-state index in [4.69, 9.17) is 0 Å². The van der Waals surface area contributed by atoms with Crippen molar-refractivity contribution in [1.82, 2.24) is 20.2 Å². The molecule has 5 nitrogen and oxygen atoms in total. The van der Waals surface area contributed by atoms with Crippen molar-refractivity contribution in [3.8, 4) is 11.3 Å². The number of nitrogens with zero attached hydrogens (tertiary/aromatic N) is 3. The van der Waals surface area contributed by atoms with E-state index < -0.39 is 0 Å². The van der Waals surface area contributed by atoms with Gasteiger partial charge in [-0.05, 0) is 31.2 Å². The van der Waals surface area contributed by atoms with Crippen molar-refractivity contribution < 1.29 is 0 Å². The van der Waals surface area contributed by atoms with Gasteiger partial charge in [-0.15, -0.1) is 0 Å². The summed E-state index contributed by atoms with van der Waals surface area (Å²) in [7, 11) is 0. The molecule has 20 heavy (non-hydrogen) atoms. The summed E-state index contributed by atoms with van der Waals surface area (Å²) in [4.78, 5) is 8.46. The molecule has 0 fully saturated rings. The van der Waals surface area contributed by atoms with Crippen LogP contribution in [0.4, 0.5) is 5.69 Å². The van der Waals surface area contributed by atoms with E-state index in [0.29, 0.717) is 6.54 Å². The minimum Gasteiger partial charge on any atom is -0.379 e. The highest BCUT2D eigenvalue weighted by Crippen LogP contribution is 2.20. The standard InChI is InChI=1S/C15H15N5/c1-11-16-7-5-14(19-11)10-17-13-4-2-3-12(9-13)15-6-8-18-20-15/h2-9,17H,10H2,1H3,(H,18,20). The fourth-order valence-corrected chi connectivity index (χ4v) is 2.01. The van der Waals surface area contributed by atoms with Gasteiger partial charge in [0.25, 0.3) is 0 Å². The van der Waals surface area contributed by atoms with Crippen LogP contribution in [0.2, 0.25) is 0 Å². The highest BCUT2D eigenvalue weighted by Gasteiger charge is 2.01. The summed E-state index contributed by atoms with van der Waals surface area (Å²) in [5, 5.41) is 10.3. The number of H-pyrrole nitrogens is 1. The van der Waals surface area contributed by atoms with Gasteiger partial charge in [0.1, 0.15) is 5.82 Å². The zero-order valence-corrected chi connectivity index (χ0v) is 11.2. The molecule has 3 rings (SSSR count). The Morgan fingerprint density at radius 1 is 1.15 bits per heavy atom. The van der Waals surface area contributed by atoms with Crippen LogP contribution in [-0.2, 0) is 6.54 Å². The van der Waals surface area contributed by atoms with E-state index in [9.17, 15) is 0 Å². The normalized spacial score (nSPS) is 10.4. The molecule has 1 aromatic carbocycles. The predicted octanol–water partition coefficient (Wildman–Crippen LogP) is 2.79. The van der Waals surface area contributed by atoms with Crippen LogP contribution in [0.5, 0.6) is 0 Å². The third-order valence-corrected chi connectivity index (χ3v) is 2.98. The Morgan fingerprint density at radius 3 is 2.90 bits per heavy atom. The smallest absolute Gasteiger partial charge is 0.125 e. The van der Waals surface area contributed by atoms with Crippen molar-refractivity contribution in [2.24, 2.45) is 0 Å². The maximum Gasteiger partial charge on any atom is 0.125 e. The summed E-state index contributed by atoms with van der Waals surface area (Å²) in [6, 6.07) is 12.1. The zero-order chi connectivity index (χ0) is 13.8. The molecule has 2 N–H and O–H groups in total. The number of hydrogen-bond donors (Lipinski definition) is 2. The quantitative estimate of drug-likeness (QED) is 0.761. The summed E-state index contributed by atoms with van der Waals surface area (Å²) in [6.45, 7) is 2.57. The number of benzene rings is 1. The van der Waals surface area contributed by atoms with E-state index in [-0.39, 0.29) is 0 Å². The van der Waals surface area contributed by atoms with Crippen LogP contribution in [-0.4, -0.2) is 20.2 Å². The molecular formula is C15H15N5. The number of hydrogen-bond acceptors (Lipinski definition) is 4. The van der Waals surface area contributed by atoms with Crippen LogP contribution in [0.3, 0.4) is 0 Å². The van der Waals surface area contributed by atoms with Crippen LogP contribution < -0.4 is 5.32 Å². The number of anilines is 1. The molecular weight excluding hydrogens is 250 g/mol. The molecule has 0 amide bonds. The first-order chi connectivity index (χ1) is 9.81. The van der Waals surface area contributed by atoms with Crippen LogP contribution in [0.15, 0.2) is 48.8 Å². The topological polar surface area (TPSA) is 66.5 Å². The molecule has 0 saturated carbocycles.